The lowest BCUT2D eigenvalue weighted by molar-refractivity contribution is 0.346. The highest BCUT2D eigenvalue weighted by Crippen LogP contribution is 2.26. The fraction of sp³-hybridized carbons (Fsp3) is 0.364. The van der Waals surface area contributed by atoms with Gasteiger partial charge in [0.2, 0.25) is 0 Å². The van der Waals surface area contributed by atoms with E-state index in [4.69, 9.17) is 4.74 Å². The van der Waals surface area contributed by atoms with Crippen molar-refractivity contribution in [3.63, 3.8) is 0 Å². The first-order valence-corrected chi connectivity index (χ1v) is 4.92. The van der Waals surface area contributed by atoms with Crippen LogP contribution in [0.15, 0.2) is 17.1 Å². The minimum Gasteiger partial charge on any atom is -0.508 e. The Kier molecular flexibility index (Phi) is 2.49. The fourth-order valence-corrected chi connectivity index (χ4v) is 1.47. The molecule has 0 unspecified atom stereocenters. The average molecular weight is 206 g/mol. The lowest BCUT2D eigenvalue weighted by atomic mass is 10.1. The first-order chi connectivity index (χ1) is 7.18. The fourth-order valence-electron chi connectivity index (χ4n) is 1.47. The van der Waals surface area contributed by atoms with Gasteiger partial charge in [-0.3, -0.25) is 0 Å². The van der Waals surface area contributed by atoms with Gasteiger partial charge in [-0.25, -0.2) is 4.99 Å². The number of phenols is 1. The third-order valence-electron chi connectivity index (χ3n) is 2.59. The lowest BCUT2D eigenvalue weighted by Gasteiger charge is -2.11. The van der Waals surface area contributed by atoms with Crippen molar-refractivity contribution in [2.45, 2.75) is 13.8 Å². The third-order valence-corrected chi connectivity index (χ3v) is 2.59. The number of aromatic hydroxyl groups is 1. The van der Waals surface area contributed by atoms with E-state index in [1.807, 2.05) is 19.9 Å². The Morgan fingerprint density at radius 3 is 2.80 bits per heavy atom. The van der Waals surface area contributed by atoms with Gasteiger partial charge in [-0.05, 0) is 37.1 Å². The van der Waals surface area contributed by atoms with Gasteiger partial charge in [-0.15, -0.1) is 0 Å². The van der Waals surface area contributed by atoms with Crippen molar-refractivity contribution < 1.29 is 9.84 Å². The molecule has 2 N–H and O–H groups in total. The van der Waals surface area contributed by atoms with Crippen LogP contribution in [0.4, 0.5) is 5.69 Å². The van der Waals surface area contributed by atoms with Crippen molar-refractivity contribution in [2.24, 2.45) is 4.99 Å². The van der Waals surface area contributed by atoms with Gasteiger partial charge < -0.3 is 15.2 Å². The highest BCUT2D eigenvalue weighted by atomic mass is 16.5. The molecule has 15 heavy (non-hydrogen) atoms. The molecule has 0 aromatic heterocycles. The topological polar surface area (TPSA) is 53.8 Å². The van der Waals surface area contributed by atoms with Gasteiger partial charge in [0.25, 0.3) is 6.02 Å². The number of benzene rings is 1. The van der Waals surface area contributed by atoms with Crippen LogP contribution < -0.4 is 5.32 Å². The Labute approximate surface area is 88.6 Å². The zero-order valence-corrected chi connectivity index (χ0v) is 8.87. The molecule has 0 fully saturated rings. The van der Waals surface area contributed by atoms with Crippen LogP contribution in [0.5, 0.6) is 5.75 Å². The molecule has 80 valence electrons. The zero-order chi connectivity index (χ0) is 10.8. The average Bonchev–Trinajstić information content (AvgIpc) is 2.72. The van der Waals surface area contributed by atoms with E-state index in [1.54, 1.807) is 6.07 Å². The highest BCUT2D eigenvalue weighted by Gasteiger charge is 2.10. The van der Waals surface area contributed by atoms with Gasteiger partial charge in [0.1, 0.15) is 12.4 Å². The quantitative estimate of drug-likeness (QED) is 0.689. The van der Waals surface area contributed by atoms with Crippen LogP contribution in [-0.2, 0) is 4.74 Å². The van der Waals surface area contributed by atoms with E-state index in [-0.39, 0.29) is 0 Å². The molecule has 1 aliphatic rings. The number of aliphatic imine (C=N–C) groups is 1. The van der Waals surface area contributed by atoms with Gasteiger partial charge in [-0.2, -0.15) is 0 Å². The number of nitrogens with zero attached hydrogens (tertiary/aromatic N) is 1. The first kappa shape index (κ1) is 9.83. The maximum atomic E-state index is 9.50. The first-order valence-electron chi connectivity index (χ1n) is 4.92. The molecule has 1 aromatic rings. The molecule has 1 aliphatic heterocycles. The van der Waals surface area contributed by atoms with E-state index in [0.717, 1.165) is 16.8 Å². The Bertz CT molecular complexity index is 413. The molecule has 0 saturated carbocycles. The lowest BCUT2D eigenvalue weighted by Crippen LogP contribution is -2.12. The standard InChI is InChI=1S/C11H14N2O2/c1-7-8(2)10(14)4-3-9(7)13-11-12-5-6-15-11/h3-4,14H,5-6H2,1-2H3,(H,12,13). The van der Waals surface area contributed by atoms with Crippen LogP contribution in [0.1, 0.15) is 11.1 Å². The molecule has 0 amide bonds. The summed E-state index contributed by atoms with van der Waals surface area (Å²) in [6, 6.07) is 4.05. The number of hydrogen-bond donors (Lipinski definition) is 2. The molecule has 4 nitrogen and oxygen atoms in total. The summed E-state index contributed by atoms with van der Waals surface area (Å²) in [6.45, 7) is 5.18. The molecule has 0 saturated heterocycles. The zero-order valence-electron chi connectivity index (χ0n) is 8.87. The normalized spacial score (nSPS) is 14.7. The summed E-state index contributed by atoms with van der Waals surface area (Å²) in [5, 5.41) is 12.6. The minimum atomic E-state index is 0.312. The Morgan fingerprint density at radius 1 is 1.33 bits per heavy atom. The Morgan fingerprint density at radius 2 is 2.13 bits per heavy atom. The summed E-state index contributed by atoms with van der Waals surface area (Å²) >= 11 is 0. The van der Waals surface area contributed by atoms with Crippen molar-refractivity contribution in [3.05, 3.63) is 23.3 Å². The predicted octanol–water partition coefficient (Wildman–Crippen LogP) is 1.81. The van der Waals surface area contributed by atoms with Crippen molar-refractivity contribution in [1.29, 1.82) is 0 Å². The van der Waals surface area contributed by atoms with E-state index in [0.29, 0.717) is 24.9 Å². The summed E-state index contributed by atoms with van der Waals surface area (Å²) in [4.78, 5) is 4.15. The molecule has 1 aromatic carbocycles. The van der Waals surface area contributed by atoms with Crippen LogP contribution in [-0.4, -0.2) is 24.3 Å². The number of anilines is 1. The summed E-state index contributed by atoms with van der Waals surface area (Å²) in [6.07, 6.45) is 0. The van der Waals surface area contributed by atoms with E-state index in [9.17, 15) is 5.11 Å². The van der Waals surface area contributed by atoms with Crippen LogP contribution in [0, 0.1) is 13.8 Å². The minimum absolute atomic E-state index is 0.312. The molecule has 1 heterocycles. The van der Waals surface area contributed by atoms with Crippen molar-refractivity contribution in [2.75, 3.05) is 18.5 Å². The molecule has 0 aliphatic carbocycles. The van der Waals surface area contributed by atoms with E-state index in [2.05, 4.69) is 10.3 Å². The smallest absolute Gasteiger partial charge is 0.289 e. The molecule has 4 heteroatoms. The number of nitrogens with one attached hydrogen (secondary N) is 1. The van der Waals surface area contributed by atoms with E-state index >= 15 is 0 Å². The molecule has 2 rings (SSSR count). The van der Waals surface area contributed by atoms with Gasteiger partial charge in [0.05, 0.1) is 6.54 Å². The van der Waals surface area contributed by atoms with Crippen LogP contribution in [0.3, 0.4) is 0 Å². The number of rotatable bonds is 1. The van der Waals surface area contributed by atoms with Crippen LogP contribution >= 0.6 is 0 Å². The maximum absolute atomic E-state index is 9.50. The number of ether oxygens (including phenoxy) is 1. The number of amidine groups is 1. The molecular weight excluding hydrogens is 192 g/mol. The predicted molar refractivity (Wildman–Crippen MR) is 59.5 cm³/mol. The Hall–Kier alpha value is -1.71. The highest BCUT2D eigenvalue weighted by molar-refractivity contribution is 5.91. The molecular formula is C11H14N2O2. The summed E-state index contributed by atoms with van der Waals surface area (Å²) in [5.74, 6) is 0.312. The van der Waals surface area contributed by atoms with E-state index in [1.165, 1.54) is 0 Å². The van der Waals surface area contributed by atoms with Crippen LogP contribution in [0.2, 0.25) is 0 Å². The molecule has 0 spiro atoms. The second-order valence-corrected chi connectivity index (χ2v) is 3.54. The third kappa shape index (κ3) is 1.88. The second kappa shape index (κ2) is 3.81. The summed E-state index contributed by atoms with van der Waals surface area (Å²) in [7, 11) is 0. The van der Waals surface area contributed by atoms with Crippen molar-refractivity contribution in [1.82, 2.24) is 0 Å². The second-order valence-electron chi connectivity index (χ2n) is 3.54. The van der Waals surface area contributed by atoms with Gasteiger partial charge in [-0.1, -0.05) is 0 Å². The van der Waals surface area contributed by atoms with Crippen molar-refractivity contribution >= 4 is 11.7 Å². The van der Waals surface area contributed by atoms with Gasteiger partial charge in [0, 0.05) is 5.69 Å². The molecule has 0 atom stereocenters. The van der Waals surface area contributed by atoms with Gasteiger partial charge >= 0.3 is 0 Å². The number of hydrogen-bond acceptors (Lipinski definition) is 4. The van der Waals surface area contributed by atoms with Crippen molar-refractivity contribution in [3.8, 4) is 5.75 Å². The summed E-state index contributed by atoms with van der Waals surface area (Å²) < 4.78 is 5.26. The van der Waals surface area contributed by atoms with Gasteiger partial charge in [0.15, 0.2) is 0 Å². The SMILES string of the molecule is Cc1c(O)ccc(NC2=NCCO2)c1C. The monoisotopic (exact) mass is 206 g/mol. The summed E-state index contributed by atoms with van der Waals surface area (Å²) in [5.41, 5.74) is 2.80. The van der Waals surface area contributed by atoms with Crippen LogP contribution in [0.25, 0.3) is 0 Å². The Balaban J connectivity index is 2.25. The number of phenolic OH excluding ortho intramolecular Hbond substituents is 1. The maximum Gasteiger partial charge on any atom is 0.289 e. The molecule has 0 radical (unpaired) electrons. The van der Waals surface area contributed by atoms with E-state index < -0.39 is 0 Å². The largest absolute Gasteiger partial charge is 0.508 e. The molecule has 0 bridgehead atoms.